The molecule has 3 heteroatoms. The first-order valence-corrected chi connectivity index (χ1v) is 0.966. The zero-order chi connectivity index (χ0) is 4.28. The molecule has 0 spiro atoms. The van der Waals surface area contributed by atoms with Gasteiger partial charge in [0.15, 0.2) is 0 Å². The molecular weight excluding hydrogens is 75.0 g/mol. The summed E-state index contributed by atoms with van der Waals surface area (Å²) < 4.78 is 0. The van der Waals surface area contributed by atoms with Crippen LogP contribution in [0.2, 0.25) is 0 Å². The van der Waals surface area contributed by atoms with Crippen LogP contribution in [-0.4, -0.2) is 11.1 Å². The average molecular weight is 78.0 g/mol. The standard InChI is InChI=1S/C3H2O2.Li.H/c1-2-3(4)5;;/h1H,(H,4,5);;/q;+1;-1. The number of hydrogen-bond acceptors (Lipinski definition) is 1. The molecule has 0 saturated heterocycles. The quantitative estimate of drug-likeness (QED) is 0.245. The van der Waals surface area contributed by atoms with Gasteiger partial charge in [0, 0.05) is 5.92 Å². The van der Waals surface area contributed by atoms with Crippen LogP contribution >= 0.6 is 0 Å². The fourth-order valence-corrected chi connectivity index (χ4v) is 0. The Balaban J connectivity index is -0.0000000800. The SMILES string of the molecule is C#CC(=O)O.[H-].[Li+]. The first-order valence-electron chi connectivity index (χ1n) is 0.966. The van der Waals surface area contributed by atoms with Crippen molar-refractivity contribution in [2.45, 2.75) is 0 Å². The predicted octanol–water partition coefficient (Wildman–Crippen LogP) is -3.18. The van der Waals surface area contributed by atoms with Crippen LogP contribution in [0.5, 0.6) is 0 Å². The number of rotatable bonds is 0. The number of hydrogen-bond donors (Lipinski definition) is 1. The van der Waals surface area contributed by atoms with Gasteiger partial charge in [-0.3, -0.25) is 0 Å². The van der Waals surface area contributed by atoms with Gasteiger partial charge in [0.25, 0.3) is 0 Å². The second kappa shape index (κ2) is 4.63. The molecule has 1 N–H and O–H groups in total. The molecule has 28 valence electrons. The Morgan fingerprint density at radius 2 is 2.17 bits per heavy atom. The Labute approximate surface area is 49.2 Å². The molecule has 0 bridgehead atoms. The molecule has 0 aromatic carbocycles. The van der Waals surface area contributed by atoms with Crippen molar-refractivity contribution >= 4 is 5.97 Å². The molecule has 0 amide bonds. The zero-order valence-electron chi connectivity index (χ0n) is 4.43. The van der Waals surface area contributed by atoms with E-state index in [1.807, 2.05) is 0 Å². The summed E-state index contributed by atoms with van der Waals surface area (Å²) in [5.41, 5.74) is 0. The van der Waals surface area contributed by atoms with Gasteiger partial charge in [-0.1, -0.05) is 0 Å². The summed E-state index contributed by atoms with van der Waals surface area (Å²) in [5.74, 6) is 0.227. The second-order valence-corrected chi connectivity index (χ2v) is 0.449. The molecule has 0 aromatic heterocycles. The van der Waals surface area contributed by atoms with Crippen LogP contribution in [0.15, 0.2) is 0 Å². The molecule has 0 rings (SSSR count). The first kappa shape index (κ1) is 9.16. The van der Waals surface area contributed by atoms with E-state index in [0.29, 0.717) is 0 Å². The van der Waals surface area contributed by atoms with Crippen LogP contribution in [0.3, 0.4) is 0 Å². The number of terminal acetylenes is 1. The molecule has 0 radical (unpaired) electrons. The van der Waals surface area contributed by atoms with Crippen molar-refractivity contribution in [3.8, 4) is 12.3 Å². The molecule has 0 saturated carbocycles. The van der Waals surface area contributed by atoms with Crippen LogP contribution in [0.4, 0.5) is 0 Å². The van der Waals surface area contributed by atoms with E-state index in [9.17, 15) is 0 Å². The topological polar surface area (TPSA) is 37.3 Å². The third-order valence-corrected chi connectivity index (χ3v) is 0.123. The van der Waals surface area contributed by atoms with E-state index in [2.05, 4.69) is 6.42 Å². The van der Waals surface area contributed by atoms with Gasteiger partial charge in [0.1, 0.15) is 0 Å². The van der Waals surface area contributed by atoms with Gasteiger partial charge >= 0.3 is 24.8 Å². The summed E-state index contributed by atoms with van der Waals surface area (Å²) in [5, 5.41) is 7.49. The molecule has 0 aromatic rings. The average Bonchev–Trinajstić information content (AvgIpc) is 1.38. The predicted molar refractivity (Wildman–Crippen MR) is 17.6 cm³/mol. The first-order chi connectivity index (χ1) is 2.27. The maximum Gasteiger partial charge on any atom is 1.00 e. The number of carboxylic acid groups (broad SMARTS) is 1. The second-order valence-electron chi connectivity index (χ2n) is 0.449. The van der Waals surface area contributed by atoms with Crippen LogP contribution in [0, 0.1) is 12.3 Å². The molecule has 0 aliphatic rings. The van der Waals surface area contributed by atoms with E-state index in [-0.39, 0.29) is 20.3 Å². The van der Waals surface area contributed by atoms with Gasteiger partial charge in [0.05, 0.1) is 0 Å². The van der Waals surface area contributed by atoms with E-state index < -0.39 is 5.97 Å². The summed E-state index contributed by atoms with van der Waals surface area (Å²) in [6.45, 7) is 0. The van der Waals surface area contributed by atoms with Crippen molar-refractivity contribution in [1.82, 2.24) is 0 Å². The molecule has 0 atom stereocenters. The summed E-state index contributed by atoms with van der Waals surface area (Å²) in [6, 6.07) is 0. The largest absolute Gasteiger partial charge is 1.00 e. The Kier molecular flexibility index (Phi) is 7.06. The Morgan fingerprint density at radius 1 is 2.00 bits per heavy atom. The summed E-state index contributed by atoms with van der Waals surface area (Å²) in [7, 11) is 0. The molecule has 2 nitrogen and oxygen atoms in total. The molecule has 0 aliphatic heterocycles. The third-order valence-electron chi connectivity index (χ3n) is 0.123. The summed E-state index contributed by atoms with van der Waals surface area (Å²) in [4.78, 5) is 9.13. The molecule has 6 heavy (non-hydrogen) atoms. The maximum absolute atomic E-state index is 9.13. The minimum absolute atomic E-state index is 0. The van der Waals surface area contributed by atoms with Crippen molar-refractivity contribution in [3.05, 3.63) is 0 Å². The van der Waals surface area contributed by atoms with Gasteiger partial charge < -0.3 is 6.53 Å². The Morgan fingerprint density at radius 3 is 2.17 bits per heavy atom. The molecule has 0 heterocycles. The molecule has 0 unspecified atom stereocenters. The number of carbonyl (C=O) groups is 1. The van der Waals surface area contributed by atoms with Crippen LogP contribution < -0.4 is 18.9 Å². The normalized spacial score (nSPS) is 4.50. The molecule has 0 fully saturated rings. The molecule has 0 aliphatic carbocycles. The monoisotopic (exact) mass is 78.0 g/mol. The van der Waals surface area contributed by atoms with Gasteiger partial charge in [-0.05, 0) is 0 Å². The summed E-state index contributed by atoms with van der Waals surface area (Å²) in [6.07, 6.45) is 4.32. The van der Waals surface area contributed by atoms with Crippen molar-refractivity contribution in [2.75, 3.05) is 0 Å². The van der Waals surface area contributed by atoms with Crippen molar-refractivity contribution in [3.63, 3.8) is 0 Å². The van der Waals surface area contributed by atoms with Gasteiger partial charge in [0.2, 0.25) is 0 Å². The van der Waals surface area contributed by atoms with E-state index in [1.54, 1.807) is 0 Å². The number of carboxylic acids is 1. The Bertz CT molecular complexity index is 85.4. The number of aliphatic carboxylic acids is 1. The maximum atomic E-state index is 9.13. The van der Waals surface area contributed by atoms with Crippen molar-refractivity contribution in [2.24, 2.45) is 0 Å². The minimum Gasteiger partial charge on any atom is -1.00 e. The van der Waals surface area contributed by atoms with E-state index in [4.69, 9.17) is 9.90 Å². The fraction of sp³-hybridized carbons (Fsp3) is 0. The summed E-state index contributed by atoms with van der Waals surface area (Å²) >= 11 is 0. The van der Waals surface area contributed by atoms with E-state index in [1.165, 1.54) is 5.92 Å². The van der Waals surface area contributed by atoms with Gasteiger partial charge in [-0.2, -0.15) is 0 Å². The van der Waals surface area contributed by atoms with Gasteiger partial charge in [-0.15, -0.1) is 6.42 Å². The minimum atomic E-state index is -1.22. The van der Waals surface area contributed by atoms with Crippen molar-refractivity contribution < 1.29 is 30.2 Å². The van der Waals surface area contributed by atoms with E-state index in [0.717, 1.165) is 0 Å². The Hall–Kier alpha value is -0.373. The van der Waals surface area contributed by atoms with E-state index >= 15 is 0 Å². The fourth-order valence-electron chi connectivity index (χ4n) is 0. The smallest absolute Gasteiger partial charge is 1.00 e. The zero-order valence-corrected chi connectivity index (χ0v) is 3.43. The van der Waals surface area contributed by atoms with Crippen LogP contribution in [0.25, 0.3) is 0 Å². The van der Waals surface area contributed by atoms with Crippen LogP contribution in [0.1, 0.15) is 1.43 Å². The molecular formula is C3H3LiO2. The van der Waals surface area contributed by atoms with Gasteiger partial charge in [-0.25, -0.2) is 4.79 Å². The van der Waals surface area contributed by atoms with Crippen molar-refractivity contribution in [1.29, 1.82) is 0 Å². The van der Waals surface area contributed by atoms with Crippen LogP contribution in [-0.2, 0) is 4.79 Å². The third kappa shape index (κ3) is 9.45.